The molecular weight excluding hydrogens is 298 g/mol. The molecule has 0 radical (unpaired) electrons. The zero-order valence-corrected chi connectivity index (χ0v) is 12.5. The van der Waals surface area contributed by atoms with E-state index in [0.717, 1.165) is 21.5 Å². The van der Waals surface area contributed by atoms with Gasteiger partial charge >= 0.3 is 0 Å². The summed E-state index contributed by atoms with van der Waals surface area (Å²) in [7, 11) is 0. The van der Waals surface area contributed by atoms with E-state index < -0.39 is 5.95 Å². The minimum atomic E-state index is -0.486. The van der Waals surface area contributed by atoms with Crippen LogP contribution in [0.3, 0.4) is 0 Å². The topological polar surface area (TPSA) is 65.9 Å². The van der Waals surface area contributed by atoms with E-state index in [1.807, 2.05) is 55.5 Å². The van der Waals surface area contributed by atoms with Gasteiger partial charge in [-0.15, -0.1) is 11.3 Å². The molecule has 2 aromatic carbocycles. The molecule has 2 heterocycles. The first-order chi connectivity index (χ1) is 10.7. The van der Waals surface area contributed by atoms with Gasteiger partial charge in [-0.3, -0.25) is 0 Å². The molecule has 0 bridgehead atoms. The molecule has 0 spiro atoms. The number of thiazole rings is 1. The maximum Gasteiger partial charge on any atom is 0.299 e. The van der Waals surface area contributed by atoms with E-state index >= 15 is 0 Å². The fourth-order valence-electron chi connectivity index (χ4n) is 2.26. The molecule has 0 aliphatic heterocycles. The lowest BCUT2D eigenvalue weighted by Gasteiger charge is -1.95. The summed E-state index contributed by atoms with van der Waals surface area (Å²) in [5.74, 6) is -0.486. The second-order valence-electron chi connectivity index (χ2n) is 4.94. The Morgan fingerprint density at radius 1 is 1.09 bits per heavy atom. The molecule has 0 atom stereocenters. The van der Waals surface area contributed by atoms with Gasteiger partial charge in [0.05, 0.1) is 15.5 Å². The highest BCUT2D eigenvalue weighted by atomic mass is 32.1. The monoisotopic (exact) mass is 309 g/mol. The van der Waals surface area contributed by atoms with Crippen LogP contribution in [0.4, 0.5) is 0 Å². The van der Waals surface area contributed by atoms with Gasteiger partial charge in [-0.05, 0) is 23.7 Å². The number of aromatic nitrogens is 3. The van der Waals surface area contributed by atoms with E-state index in [9.17, 15) is 5.11 Å². The molecular formula is C16H11N3O2S. The van der Waals surface area contributed by atoms with Crippen molar-refractivity contribution in [2.24, 2.45) is 0 Å². The summed E-state index contributed by atoms with van der Waals surface area (Å²) in [5.41, 5.74) is 3.12. The maximum absolute atomic E-state index is 12.1. The van der Waals surface area contributed by atoms with Crippen LogP contribution in [0.5, 0.6) is 5.95 Å². The Morgan fingerprint density at radius 2 is 1.86 bits per heavy atom. The number of rotatable bonds is 2. The molecule has 22 heavy (non-hydrogen) atoms. The van der Waals surface area contributed by atoms with Crippen LogP contribution in [0.25, 0.3) is 26.6 Å². The van der Waals surface area contributed by atoms with Crippen LogP contribution in [0, 0.1) is 6.92 Å². The van der Waals surface area contributed by atoms with Crippen molar-refractivity contribution in [2.75, 3.05) is 0 Å². The molecule has 108 valence electrons. The predicted octanol–water partition coefficient (Wildman–Crippen LogP) is 2.61. The van der Waals surface area contributed by atoms with Crippen molar-refractivity contribution in [1.82, 2.24) is 10.3 Å². The Bertz CT molecular complexity index is 924. The van der Waals surface area contributed by atoms with Crippen molar-refractivity contribution in [2.45, 2.75) is 6.92 Å². The van der Waals surface area contributed by atoms with Gasteiger partial charge in [-0.1, -0.05) is 29.8 Å². The number of hydrogen-bond donors (Lipinski definition) is 0. The van der Waals surface area contributed by atoms with Crippen molar-refractivity contribution in [3.63, 3.8) is 0 Å². The van der Waals surface area contributed by atoms with E-state index in [-0.39, 0.29) is 0 Å². The number of aryl methyl sites for hydroxylation is 1. The number of para-hydroxylation sites is 1. The van der Waals surface area contributed by atoms with Crippen LogP contribution < -0.4 is 9.79 Å². The normalized spacial score (nSPS) is 11.1. The van der Waals surface area contributed by atoms with Crippen molar-refractivity contribution in [3.05, 3.63) is 54.1 Å². The van der Waals surface area contributed by atoms with E-state index in [1.165, 1.54) is 16.0 Å². The van der Waals surface area contributed by atoms with Gasteiger partial charge < -0.3 is 9.63 Å². The van der Waals surface area contributed by atoms with Gasteiger partial charge in [0.2, 0.25) is 5.69 Å². The van der Waals surface area contributed by atoms with Crippen LogP contribution in [0.15, 0.2) is 53.1 Å². The van der Waals surface area contributed by atoms with Gasteiger partial charge in [-0.2, -0.15) is 0 Å². The molecule has 2 aromatic heterocycles. The maximum atomic E-state index is 12.1. The summed E-state index contributed by atoms with van der Waals surface area (Å²) in [5, 5.41) is 16.5. The van der Waals surface area contributed by atoms with Crippen molar-refractivity contribution in [3.8, 4) is 22.3 Å². The first-order valence-corrected chi connectivity index (χ1v) is 7.56. The lowest BCUT2D eigenvalue weighted by atomic mass is 10.2. The number of hydrogen-bond acceptors (Lipinski definition) is 5. The third kappa shape index (κ3) is 2.05. The Labute approximate surface area is 130 Å². The van der Waals surface area contributed by atoms with Gasteiger partial charge in [0.25, 0.3) is 5.69 Å². The van der Waals surface area contributed by atoms with Crippen LogP contribution in [0.1, 0.15) is 5.56 Å². The Hall–Kier alpha value is -2.73. The molecule has 5 nitrogen and oxygen atoms in total. The summed E-state index contributed by atoms with van der Waals surface area (Å²) in [4.78, 5) is 4.52. The van der Waals surface area contributed by atoms with Crippen LogP contribution >= 0.6 is 11.3 Å². The molecule has 0 N–H and O–H groups in total. The van der Waals surface area contributed by atoms with E-state index in [2.05, 4.69) is 10.3 Å². The largest absolute Gasteiger partial charge is 0.539 e. The summed E-state index contributed by atoms with van der Waals surface area (Å²) >= 11 is 1.45. The minimum absolute atomic E-state index is 0.352. The van der Waals surface area contributed by atoms with Gasteiger partial charge in [0, 0.05) is 12.1 Å². The molecule has 0 saturated heterocycles. The van der Waals surface area contributed by atoms with Crippen LogP contribution in [-0.4, -0.2) is 10.3 Å². The Morgan fingerprint density at radius 3 is 2.64 bits per heavy atom. The van der Waals surface area contributed by atoms with Crippen LogP contribution in [-0.2, 0) is 0 Å². The SMILES string of the molecule is Cc1ccc(-[n+]2noc([O-])c2-c2nc3ccccc3s2)cc1. The van der Waals surface area contributed by atoms with E-state index in [4.69, 9.17) is 4.52 Å². The van der Waals surface area contributed by atoms with Crippen molar-refractivity contribution >= 4 is 21.6 Å². The molecule has 0 aliphatic carbocycles. The summed E-state index contributed by atoms with van der Waals surface area (Å²) in [6, 6.07) is 15.5. The zero-order valence-electron chi connectivity index (χ0n) is 11.7. The number of fused-ring (bicyclic) bond motifs is 1. The standard InChI is InChI=1S/C16H11N3O2S/c1-10-6-8-11(9-7-10)19-14(16(20)21-18-19)15-17-12-4-2-3-5-13(12)22-15/h2-9H,1H3. The van der Waals surface area contributed by atoms with Crippen molar-refractivity contribution < 1.29 is 14.3 Å². The highest BCUT2D eigenvalue weighted by Crippen LogP contribution is 2.32. The van der Waals surface area contributed by atoms with Gasteiger partial charge in [-0.25, -0.2) is 4.98 Å². The average Bonchev–Trinajstić information content (AvgIpc) is 3.11. The van der Waals surface area contributed by atoms with Gasteiger partial charge in [0.1, 0.15) is 0 Å². The molecule has 6 heteroatoms. The zero-order chi connectivity index (χ0) is 15.1. The third-order valence-corrected chi connectivity index (χ3v) is 4.43. The summed E-state index contributed by atoms with van der Waals surface area (Å²) in [6.45, 7) is 2.00. The second kappa shape index (κ2) is 4.92. The molecule has 4 aromatic rings. The average molecular weight is 309 g/mol. The fraction of sp³-hybridized carbons (Fsp3) is 0.0625. The highest BCUT2D eigenvalue weighted by molar-refractivity contribution is 7.21. The highest BCUT2D eigenvalue weighted by Gasteiger charge is 2.25. The smallest absolute Gasteiger partial charge is 0.299 e. The number of nitrogens with zero attached hydrogens (tertiary/aromatic N) is 3. The molecule has 0 saturated carbocycles. The first kappa shape index (κ1) is 13.0. The second-order valence-corrected chi connectivity index (χ2v) is 5.97. The third-order valence-electron chi connectivity index (χ3n) is 3.39. The predicted molar refractivity (Wildman–Crippen MR) is 80.8 cm³/mol. The first-order valence-electron chi connectivity index (χ1n) is 6.74. The molecule has 0 amide bonds. The minimum Gasteiger partial charge on any atom is -0.539 e. The molecule has 4 rings (SSSR count). The molecule has 0 aliphatic rings. The lowest BCUT2D eigenvalue weighted by Crippen LogP contribution is -2.34. The molecule has 0 fully saturated rings. The van der Waals surface area contributed by atoms with Crippen molar-refractivity contribution in [1.29, 1.82) is 0 Å². The summed E-state index contributed by atoms with van der Waals surface area (Å²) < 4.78 is 7.38. The molecule has 0 unspecified atom stereocenters. The number of benzene rings is 2. The van der Waals surface area contributed by atoms with E-state index in [1.54, 1.807) is 0 Å². The quantitative estimate of drug-likeness (QED) is 0.534. The fourth-order valence-corrected chi connectivity index (χ4v) is 3.25. The Kier molecular flexibility index (Phi) is 2.90. The lowest BCUT2D eigenvalue weighted by molar-refractivity contribution is -0.660. The van der Waals surface area contributed by atoms with Crippen LogP contribution in [0.2, 0.25) is 0 Å². The Balaban J connectivity index is 1.91. The summed E-state index contributed by atoms with van der Waals surface area (Å²) in [6.07, 6.45) is 0. The van der Waals surface area contributed by atoms with Gasteiger partial charge in [0.15, 0.2) is 11.0 Å². The van der Waals surface area contributed by atoms with E-state index in [0.29, 0.717) is 10.7 Å².